The molecule has 2 aromatic carbocycles. The Balaban J connectivity index is 0.00000300. The summed E-state index contributed by atoms with van der Waals surface area (Å²) in [7, 11) is 1.37. The third kappa shape index (κ3) is 4.53. The van der Waals surface area contributed by atoms with E-state index in [0.29, 0.717) is 22.4 Å². The van der Waals surface area contributed by atoms with E-state index in [1.54, 1.807) is 12.1 Å². The summed E-state index contributed by atoms with van der Waals surface area (Å²) in [5.41, 5.74) is 1.58. The Morgan fingerprint density at radius 3 is 2.45 bits per heavy atom. The second kappa shape index (κ2) is 8.55. The first-order valence-corrected chi connectivity index (χ1v) is 9.62. The lowest BCUT2D eigenvalue weighted by Crippen LogP contribution is -2.19. The van der Waals surface area contributed by atoms with Gasteiger partial charge in [-0.1, -0.05) is 0 Å². The van der Waals surface area contributed by atoms with Gasteiger partial charge in [0.15, 0.2) is 0 Å². The second-order valence-electron chi connectivity index (χ2n) is 6.09. The van der Waals surface area contributed by atoms with Crippen LogP contribution in [-0.2, 0) is 10.0 Å². The van der Waals surface area contributed by atoms with Gasteiger partial charge in [-0.25, -0.2) is 23.1 Å². The van der Waals surface area contributed by atoms with Gasteiger partial charge in [0.05, 0.1) is 26.7 Å². The van der Waals surface area contributed by atoms with Gasteiger partial charge >= 0.3 is 0 Å². The van der Waals surface area contributed by atoms with Crippen LogP contribution in [0.4, 0.5) is 22.9 Å². The van der Waals surface area contributed by atoms with Crippen molar-refractivity contribution < 1.29 is 13.3 Å². The minimum atomic E-state index is -3.63. The molecule has 1 aromatic heterocycles. The Kier molecular flexibility index (Phi) is 6.57. The van der Waals surface area contributed by atoms with Crippen LogP contribution in [0, 0.1) is 10.1 Å². The van der Waals surface area contributed by atoms with Crippen molar-refractivity contribution in [3.8, 4) is 0 Å². The van der Waals surface area contributed by atoms with E-state index in [-0.39, 0.29) is 23.0 Å². The number of nitrogens with zero attached hydrogens (tertiary/aromatic N) is 4. The molecule has 2 N–H and O–H groups in total. The van der Waals surface area contributed by atoms with Crippen molar-refractivity contribution in [3.05, 3.63) is 52.8 Å². The van der Waals surface area contributed by atoms with Gasteiger partial charge in [-0.2, -0.15) is 0 Å². The molecule has 3 rings (SSSR count). The molecule has 0 saturated carbocycles. The maximum Gasteiger partial charge on any atom is 0.271 e. The first-order chi connectivity index (χ1) is 13.2. The molecule has 3 aromatic rings. The number of hydrogen-bond acceptors (Lipinski definition) is 8. The van der Waals surface area contributed by atoms with Crippen LogP contribution in [-0.4, -0.2) is 44.5 Å². The highest BCUT2D eigenvalue weighted by molar-refractivity contribution is 7.89. The van der Waals surface area contributed by atoms with Gasteiger partial charge in [-0.3, -0.25) is 10.1 Å². The Bertz CT molecular complexity index is 1170. The first kappa shape index (κ1) is 22.3. The standard InChI is InChI=1S/C17H18N6O4S.ClH/c1-18-28(26,27)12-5-7-16(22(2)3)15(9-12)21-17-13-6-4-11(23(24)25)8-14(13)19-10-20-17;/h4-10,18H,1-3H3,(H,19,20,21);1H. The fourth-order valence-electron chi connectivity index (χ4n) is 2.68. The quantitative estimate of drug-likeness (QED) is 0.443. The van der Waals surface area contributed by atoms with Crippen LogP contribution in [0.3, 0.4) is 0 Å². The topological polar surface area (TPSA) is 130 Å². The molecular formula is C17H19ClN6O4S. The van der Waals surface area contributed by atoms with Gasteiger partial charge in [-0.05, 0) is 31.3 Å². The number of nitro benzene ring substituents is 1. The third-order valence-corrected chi connectivity index (χ3v) is 5.52. The number of benzene rings is 2. The molecule has 0 spiro atoms. The molecular weight excluding hydrogens is 420 g/mol. The molecule has 0 aliphatic rings. The number of fused-ring (bicyclic) bond motifs is 1. The van der Waals surface area contributed by atoms with E-state index in [0.717, 1.165) is 5.69 Å². The number of hydrogen-bond donors (Lipinski definition) is 2. The van der Waals surface area contributed by atoms with E-state index in [9.17, 15) is 18.5 Å². The minimum Gasteiger partial charge on any atom is -0.376 e. The normalized spacial score (nSPS) is 11.0. The number of rotatable bonds is 6. The molecule has 0 saturated heterocycles. The third-order valence-electron chi connectivity index (χ3n) is 4.11. The largest absolute Gasteiger partial charge is 0.376 e. The van der Waals surface area contributed by atoms with Crippen LogP contribution in [0.2, 0.25) is 0 Å². The Hall–Kier alpha value is -3.02. The van der Waals surface area contributed by atoms with Crippen LogP contribution in [0.5, 0.6) is 0 Å². The van der Waals surface area contributed by atoms with Crippen molar-refractivity contribution in [1.82, 2.24) is 14.7 Å². The average molecular weight is 439 g/mol. The predicted molar refractivity (Wildman–Crippen MR) is 114 cm³/mol. The SMILES string of the molecule is CNS(=O)(=O)c1ccc(N(C)C)c(Nc2ncnc3cc([N+](=O)[O-])ccc23)c1.Cl. The van der Waals surface area contributed by atoms with Gasteiger partial charge in [-0.15, -0.1) is 12.4 Å². The zero-order valence-electron chi connectivity index (χ0n) is 15.8. The fourth-order valence-corrected chi connectivity index (χ4v) is 3.43. The van der Waals surface area contributed by atoms with Crippen LogP contribution >= 0.6 is 12.4 Å². The van der Waals surface area contributed by atoms with Crippen LogP contribution in [0.1, 0.15) is 0 Å². The van der Waals surface area contributed by atoms with Crippen LogP contribution in [0.15, 0.2) is 47.6 Å². The van der Waals surface area contributed by atoms with E-state index in [2.05, 4.69) is 20.0 Å². The summed E-state index contributed by atoms with van der Waals surface area (Å²) in [6.07, 6.45) is 1.29. The number of sulfonamides is 1. The summed E-state index contributed by atoms with van der Waals surface area (Å²) in [6, 6.07) is 8.97. The highest BCUT2D eigenvalue weighted by Crippen LogP contribution is 2.32. The molecule has 0 aliphatic heterocycles. The monoisotopic (exact) mass is 438 g/mol. The van der Waals surface area contributed by atoms with Gasteiger partial charge < -0.3 is 10.2 Å². The summed E-state index contributed by atoms with van der Waals surface area (Å²) in [5.74, 6) is 0.405. The number of aromatic nitrogens is 2. The highest BCUT2D eigenvalue weighted by atomic mass is 35.5. The summed E-state index contributed by atoms with van der Waals surface area (Å²) >= 11 is 0. The van der Waals surface area contributed by atoms with E-state index < -0.39 is 14.9 Å². The van der Waals surface area contributed by atoms with Crippen molar-refractivity contribution in [2.45, 2.75) is 4.90 Å². The molecule has 154 valence electrons. The van der Waals surface area contributed by atoms with Crippen molar-refractivity contribution in [2.75, 3.05) is 31.4 Å². The zero-order chi connectivity index (χ0) is 20.5. The molecule has 12 heteroatoms. The summed E-state index contributed by atoms with van der Waals surface area (Å²) in [4.78, 5) is 20.7. The molecule has 10 nitrogen and oxygen atoms in total. The van der Waals surface area contributed by atoms with E-state index in [4.69, 9.17) is 0 Å². The van der Waals surface area contributed by atoms with Crippen LogP contribution < -0.4 is 14.9 Å². The van der Waals surface area contributed by atoms with E-state index in [1.807, 2.05) is 19.0 Å². The number of nitro groups is 1. The molecule has 29 heavy (non-hydrogen) atoms. The van der Waals surface area contributed by atoms with Gasteiger partial charge in [0.1, 0.15) is 12.1 Å². The second-order valence-corrected chi connectivity index (χ2v) is 7.97. The maximum absolute atomic E-state index is 12.2. The molecule has 0 bridgehead atoms. The molecule has 0 fully saturated rings. The first-order valence-electron chi connectivity index (χ1n) is 8.14. The number of nitrogens with one attached hydrogen (secondary N) is 2. The van der Waals surface area contributed by atoms with Crippen molar-refractivity contribution in [2.24, 2.45) is 0 Å². The molecule has 0 aliphatic carbocycles. The van der Waals surface area contributed by atoms with E-state index >= 15 is 0 Å². The fraction of sp³-hybridized carbons (Fsp3) is 0.176. The number of halogens is 1. The Morgan fingerprint density at radius 1 is 1.10 bits per heavy atom. The Morgan fingerprint density at radius 2 is 1.83 bits per heavy atom. The van der Waals surface area contributed by atoms with Crippen molar-refractivity contribution >= 4 is 56.2 Å². The molecule has 1 heterocycles. The van der Waals surface area contributed by atoms with E-state index in [1.165, 1.54) is 37.6 Å². The Labute approximate surface area is 173 Å². The lowest BCUT2D eigenvalue weighted by Gasteiger charge is -2.19. The highest BCUT2D eigenvalue weighted by Gasteiger charge is 2.17. The van der Waals surface area contributed by atoms with Gasteiger partial charge in [0, 0.05) is 31.6 Å². The van der Waals surface area contributed by atoms with Gasteiger partial charge in [0.25, 0.3) is 5.69 Å². The summed E-state index contributed by atoms with van der Waals surface area (Å²) < 4.78 is 26.6. The van der Waals surface area contributed by atoms with Crippen molar-refractivity contribution in [3.63, 3.8) is 0 Å². The van der Waals surface area contributed by atoms with Crippen molar-refractivity contribution in [1.29, 1.82) is 0 Å². The maximum atomic E-state index is 12.2. The van der Waals surface area contributed by atoms with Gasteiger partial charge in [0.2, 0.25) is 10.0 Å². The molecule has 0 radical (unpaired) electrons. The van der Waals surface area contributed by atoms with Crippen LogP contribution in [0.25, 0.3) is 10.9 Å². The number of anilines is 3. The summed E-state index contributed by atoms with van der Waals surface area (Å²) in [6.45, 7) is 0. The molecule has 0 unspecified atom stereocenters. The lowest BCUT2D eigenvalue weighted by atomic mass is 10.2. The smallest absolute Gasteiger partial charge is 0.271 e. The predicted octanol–water partition coefficient (Wildman–Crippen LogP) is 2.68. The summed E-state index contributed by atoms with van der Waals surface area (Å²) in [5, 5.41) is 14.7. The molecule has 0 amide bonds. The zero-order valence-corrected chi connectivity index (χ0v) is 17.4. The molecule has 0 atom stereocenters. The average Bonchev–Trinajstić information content (AvgIpc) is 2.67. The number of non-ortho nitro benzene ring substituents is 1. The minimum absolute atomic E-state index is 0. The lowest BCUT2D eigenvalue weighted by molar-refractivity contribution is -0.384.